The summed E-state index contributed by atoms with van der Waals surface area (Å²) in [5.41, 5.74) is 0.675. The molecule has 0 fully saturated rings. The quantitative estimate of drug-likeness (QED) is 0.629. The van der Waals surface area contributed by atoms with Gasteiger partial charge in [0.15, 0.2) is 0 Å². The van der Waals surface area contributed by atoms with Gasteiger partial charge in [0, 0.05) is 22.2 Å². The zero-order chi connectivity index (χ0) is 11.3. The second-order valence-electron chi connectivity index (χ2n) is 3.00. The van der Waals surface area contributed by atoms with Gasteiger partial charge in [-0.1, -0.05) is 31.9 Å². The molecular weight excluding hydrogens is 327 g/mol. The summed E-state index contributed by atoms with van der Waals surface area (Å²) in [7, 11) is -0.953. The molecule has 1 aromatic carbocycles. The minimum atomic E-state index is -0.953. The molecule has 0 aliphatic carbocycles. The lowest BCUT2D eigenvalue weighted by Gasteiger charge is -2.08. The van der Waals surface area contributed by atoms with Gasteiger partial charge < -0.3 is 14.8 Å². The molecule has 1 rings (SSSR count). The summed E-state index contributed by atoms with van der Waals surface area (Å²) in [6.07, 6.45) is 0.520. The maximum absolute atomic E-state index is 9.65. The van der Waals surface area contributed by atoms with Gasteiger partial charge in [-0.25, -0.2) is 0 Å². The van der Waals surface area contributed by atoms with Gasteiger partial charge in [0.05, 0.1) is 0 Å². The molecule has 0 radical (unpaired) electrons. The van der Waals surface area contributed by atoms with Crippen LogP contribution in [0.25, 0.3) is 0 Å². The Morgan fingerprint density at radius 1 is 1.20 bits per heavy atom. The number of rotatable bonds is 5. The summed E-state index contributed by atoms with van der Waals surface area (Å²) in [6, 6.07) is 5.45. The SMILES string of the molecule is OCCCOB(O)c1cc(Br)cc(Br)c1. The molecule has 0 atom stereocenters. The van der Waals surface area contributed by atoms with E-state index >= 15 is 0 Å². The Morgan fingerprint density at radius 3 is 2.33 bits per heavy atom. The van der Waals surface area contributed by atoms with Crippen LogP contribution in [0.5, 0.6) is 0 Å². The molecule has 0 amide bonds. The van der Waals surface area contributed by atoms with E-state index in [1.54, 1.807) is 12.1 Å². The fraction of sp³-hybridized carbons (Fsp3) is 0.333. The van der Waals surface area contributed by atoms with E-state index in [1.807, 2.05) is 6.07 Å². The van der Waals surface area contributed by atoms with E-state index in [0.717, 1.165) is 8.95 Å². The van der Waals surface area contributed by atoms with E-state index in [2.05, 4.69) is 31.9 Å². The first-order valence-corrected chi connectivity index (χ1v) is 6.08. The van der Waals surface area contributed by atoms with E-state index < -0.39 is 7.12 Å². The number of halogens is 2. The van der Waals surface area contributed by atoms with Crippen LogP contribution in [0.1, 0.15) is 6.42 Å². The molecule has 0 aliphatic rings. The molecular formula is C9H11BBr2O3. The van der Waals surface area contributed by atoms with Crippen molar-refractivity contribution in [3.8, 4) is 0 Å². The van der Waals surface area contributed by atoms with Crippen molar-refractivity contribution in [1.82, 2.24) is 0 Å². The van der Waals surface area contributed by atoms with Gasteiger partial charge in [-0.3, -0.25) is 0 Å². The van der Waals surface area contributed by atoms with Crippen molar-refractivity contribution >= 4 is 44.4 Å². The van der Waals surface area contributed by atoms with E-state index in [9.17, 15) is 5.02 Å². The summed E-state index contributed by atoms with van der Waals surface area (Å²) in [4.78, 5) is 0. The third-order valence-corrected chi connectivity index (χ3v) is 2.66. The highest BCUT2D eigenvalue weighted by molar-refractivity contribution is 9.11. The molecule has 0 saturated heterocycles. The molecule has 3 nitrogen and oxygen atoms in total. The highest BCUT2D eigenvalue weighted by Gasteiger charge is 2.16. The highest BCUT2D eigenvalue weighted by atomic mass is 79.9. The van der Waals surface area contributed by atoms with Gasteiger partial charge >= 0.3 is 7.12 Å². The van der Waals surface area contributed by atoms with Crippen molar-refractivity contribution in [3.05, 3.63) is 27.1 Å². The number of aliphatic hydroxyl groups excluding tert-OH is 1. The predicted molar refractivity (Wildman–Crippen MR) is 67.1 cm³/mol. The summed E-state index contributed by atoms with van der Waals surface area (Å²) in [6.45, 7) is 0.400. The third kappa shape index (κ3) is 4.65. The zero-order valence-corrected chi connectivity index (χ0v) is 11.2. The maximum Gasteiger partial charge on any atom is 0.491 e. The second-order valence-corrected chi connectivity index (χ2v) is 4.83. The molecule has 0 unspecified atom stereocenters. The van der Waals surface area contributed by atoms with Crippen LogP contribution in [-0.4, -0.2) is 30.5 Å². The van der Waals surface area contributed by atoms with Crippen LogP contribution in [0, 0.1) is 0 Å². The molecule has 0 aromatic heterocycles. The topological polar surface area (TPSA) is 49.7 Å². The second kappa shape index (κ2) is 6.65. The van der Waals surface area contributed by atoms with Crippen molar-refractivity contribution in [2.24, 2.45) is 0 Å². The van der Waals surface area contributed by atoms with Crippen LogP contribution in [0.2, 0.25) is 0 Å². The average Bonchev–Trinajstić information content (AvgIpc) is 2.16. The van der Waals surface area contributed by atoms with Gasteiger partial charge in [-0.15, -0.1) is 0 Å². The van der Waals surface area contributed by atoms with Crippen LogP contribution in [0.15, 0.2) is 27.1 Å². The molecule has 6 heteroatoms. The molecule has 0 spiro atoms. The van der Waals surface area contributed by atoms with Crippen LogP contribution in [0.4, 0.5) is 0 Å². The number of hydrogen-bond acceptors (Lipinski definition) is 3. The monoisotopic (exact) mass is 336 g/mol. The molecule has 0 aliphatic heterocycles. The first-order chi connectivity index (χ1) is 7.13. The highest BCUT2D eigenvalue weighted by Crippen LogP contribution is 2.15. The molecule has 0 bridgehead atoms. The maximum atomic E-state index is 9.65. The Kier molecular flexibility index (Phi) is 5.85. The van der Waals surface area contributed by atoms with Crippen molar-refractivity contribution in [1.29, 1.82) is 0 Å². The Balaban J connectivity index is 2.60. The Bertz CT molecular complexity index is 302. The van der Waals surface area contributed by atoms with Gasteiger partial charge in [0.2, 0.25) is 0 Å². The number of hydrogen-bond donors (Lipinski definition) is 2. The lowest BCUT2D eigenvalue weighted by atomic mass is 9.80. The Labute approximate surface area is 106 Å². The minimum absolute atomic E-state index is 0.0644. The standard InChI is InChI=1S/C9H11BBr2O3/c11-8-4-7(5-9(12)6-8)10(14)15-3-1-2-13/h4-6,13-14H,1-3H2. The normalized spacial score (nSPS) is 10.4. The van der Waals surface area contributed by atoms with E-state index in [-0.39, 0.29) is 6.61 Å². The van der Waals surface area contributed by atoms with Crippen LogP contribution in [0.3, 0.4) is 0 Å². The largest absolute Gasteiger partial charge is 0.491 e. The minimum Gasteiger partial charge on any atom is -0.423 e. The van der Waals surface area contributed by atoms with Crippen LogP contribution in [-0.2, 0) is 4.65 Å². The van der Waals surface area contributed by atoms with Gasteiger partial charge in [-0.2, -0.15) is 0 Å². The fourth-order valence-corrected chi connectivity index (χ4v) is 2.40. The lowest BCUT2D eigenvalue weighted by Crippen LogP contribution is -2.34. The summed E-state index contributed by atoms with van der Waals surface area (Å²) in [5.74, 6) is 0. The van der Waals surface area contributed by atoms with Crippen molar-refractivity contribution in [3.63, 3.8) is 0 Å². The van der Waals surface area contributed by atoms with Gasteiger partial charge in [0.25, 0.3) is 0 Å². The smallest absolute Gasteiger partial charge is 0.423 e. The van der Waals surface area contributed by atoms with E-state index in [4.69, 9.17) is 9.76 Å². The molecule has 0 saturated carbocycles. The molecule has 82 valence electrons. The number of benzene rings is 1. The van der Waals surface area contributed by atoms with Crippen molar-refractivity contribution < 1.29 is 14.8 Å². The van der Waals surface area contributed by atoms with Gasteiger partial charge in [0.1, 0.15) is 0 Å². The average molecular weight is 338 g/mol. The third-order valence-electron chi connectivity index (χ3n) is 1.75. The lowest BCUT2D eigenvalue weighted by molar-refractivity contribution is 0.216. The molecule has 2 N–H and O–H groups in total. The first kappa shape index (κ1) is 13.2. The van der Waals surface area contributed by atoms with Crippen molar-refractivity contribution in [2.75, 3.05) is 13.2 Å². The van der Waals surface area contributed by atoms with E-state index in [1.165, 1.54) is 0 Å². The molecule has 15 heavy (non-hydrogen) atoms. The Hall–Kier alpha value is 0.125. The number of aliphatic hydroxyl groups is 1. The predicted octanol–water partition coefficient (Wildman–Crippen LogP) is 1.30. The summed E-state index contributed by atoms with van der Waals surface area (Å²) < 4.78 is 6.88. The zero-order valence-electron chi connectivity index (χ0n) is 7.99. The van der Waals surface area contributed by atoms with Crippen molar-refractivity contribution in [2.45, 2.75) is 6.42 Å². The van der Waals surface area contributed by atoms with E-state index in [0.29, 0.717) is 18.5 Å². The Morgan fingerprint density at radius 2 is 1.80 bits per heavy atom. The molecule has 0 heterocycles. The fourth-order valence-electron chi connectivity index (χ4n) is 1.07. The summed E-state index contributed by atoms with van der Waals surface area (Å²) >= 11 is 6.65. The first-order valence-electron chi connectivity index (χ1n) is 4.50. The summed E-state index contributed by atoms with van der Waals surface area (Å²) in [5, 5.41) is 18.2. The van der Waals surface area contributed by atoms with Gasteiger partial charge in [-0.05, 0) is 30.1 Å². The van der Waals surface area contributed by atoms with Crippen LogP contribution >= 0.6 is 31.9 Å². The van der Waals surface area contributed by atoms with Crippen LogP contribution < -0.4 is 5.46 Å². The molecule has 1 aromatic rings.